The summed E-state index contributed by atoms with van der Waals surface area (Å²) in [4.78, 5) is 46.0. The highest BCUT2D eigenvalue weighted by Crippen LogP contribution is 2.25. The van der Waals surface area contributed by atoms with Crippen LogP contribution < -0.4 is 14.8 Å². The predicted molar refractivity (Wildman–Crippen MR) is 119 cm³/mol. The van der Waals surface area contributed by atoms with Crippen molar-refractivity contribution in [1.82, 2.24) is 20.1 Å². The van der Waals surface area contributed by atoms with Crippen LogP contribution in [-0.2, 0) is 9.59 Å². The van der Waals surface area contributed by atoms with Crippen molar-refractivity contribution in [2.24, 2.45) is 5.92 Å². The molecule has 9 nitrogen and oxygen atoms in total. The predicted octanol–water partition coefficient (Wildman–Crippen LogP) is 1.86. The smallest absolute Gasteiger partial charge is 0.259 e. The Hall–Kier alpha value is -2.84. The topological polar surface area (TPSA) is 101 Å². The molecule has 2 saturated heterocycles. The molecule has 32 heavy (non-hydrogen) atoms. The summed E-state index contributed by atoms with van der Waals surface area (Å²) in [6.45, 7) is 2.86. The average molecular weight is 447 g/mol. The van der Waals surface area contributed by atoms with Gasteiger partial charge in [-0.05, 0) is 31.7 Å². The minimum Gasteiger partial charge on any atom is -0.481 e. The standard InChI is InChI=1S/C23H34N4O5/c1-31-20-8-7-18(21(25-20)32-2)23(30)27-14-9-17(10-15-27)22(29)26-13-6-4-3-5-12-24-19(28)11-16-26/h7-8,17H,3-6,9-16H2,1-2H3,(H,24,28). The molecule has 1 aromatic heterocycles. The van der Waals surface area contributed by atoms with E-state index in [-0.39, 0.29) is 29.5 Å². The molecule has 0 bridgehead atoms. The first-order valence-electron chi connectivity index (χ1n) is 11.5. The third kappa shape index (κ3) is 6.11. The van der Waals surface area contributed by atoms with Crippen molar-refractivity contribution < 1.29 is 23.9 Å². The Morgan fingerprint density at radius 3 is 2.44 bits per heavy atom. The normalized spacial score (nSPS) is 19.0. The summed E-state index contributed by atoms with van der Waals surface area (Å²) in [6.07, 6.45) is 5.63. The molecule has 176 valence electrons. The SMILES string of the molecule is COc1ccc(C(=O)N2CCC(C(=O)N3CCCCCCNC(=O)CC3)CC2)c(OC)n1. The van der Waals surface area contributed by atoms with E-state index in [1.54, 1.807) is 17.0 Å². The Labute approximate surface area is 189 Å². The van der Waals surface area contributed by atoms with Crippen LogP contribution in [0.4, 0.5) is 0 Å². The quantitative estimate of drug-likeness (QED) is 0.758. The molecule has 1 aromatic rings. The maximum atomic E-state index is 13.2. The van der Waals surface area contributed by atoms with Crippen molar-refractivity contribution in [3.05, 3.63) is 17.7 Å². The van der Waals surface area contributed by atoms with Crippen LogP contribution in [0.25, 0.3) is 0 Å². The van der Waals surface area contributed by atoms with Crippen molar-refractivity contribution in [3.8, 4) is 11.8 Å². The van der Waals surface area contributed by atoms with Crippen LogP contribution in [0.15, 0.2) is 12.1 Å². The van der Waals surface area contributed by atoms with Crippen LogP contribution in [0, 0.1) is 5.92 Å². The first-order valence-corrected chi connectivity index (χ1v) is 11.5. The van der Waals surface area contributed by atoms with Crippen LogP contribution in [-0.4, -0.2) is 79.4 Å². The van der Waals surface area contributed by atoms with E-state index in [0.717, 1.165) is 25.7 Å². The summed E-state index contributed by atoms with van der Waals surface area (Å²) >= 11 is 0. The molecular formula is C23H34N4O5. The zero-order valence-corrected chi connectivity index (χ0v) is 19.1. The zero-order chi connectivity index (χ0) is 22.9. The van der Waals surface area contributed by atoms with Gasteiger partial charge in [0.1, 0.15) is 5.56 Å². The number of methoxy groups -OCH3 is 2. The van der Waals surface area contributed by atoms with Crippen LogP contribution >= 0.6 is 0 Å². The van der Waals surface area contributed by atoms with Gasteiger partial charge >= 0.3 is 0 Å². The molecule has 1 N–H and O–H groups in total. The van der Waals surface area contributed by atoms with Crippen LogP contribution in [0.3, 0.4) is 0 Å². The number of aromatic nitrogens is 1. The van der Waals surface area contributed by atoms with Gasteiger partial charge in [0.2, 0.25) is 23.6 Å². The number of amides is 3. The van der Waals surface area contributed by atoms with Crippen molar-refractivity contribution >= 4 is 17.7 Å². The van der Waals surface area contributed by atoms with Gasteiger partial charge in [-0.2, -0.15) is 4.98 Å². The second-order valence-electron chi connectivity index (χ2n) is 8.32. The lowest BCUT2D eigenvalue weighted by atomic mass is 9.94. The van der Waals surface area contributed by atoms with Gasteiger partial charge in [-0.15, -0.1) is 0 Å². The molecule has 3 rings (SSSR count). The Bertz CT molecular complexity index is 808. The van der Waals surface area contributed by atoms with Crippen molar-refractivity contribution in [2.75, 3.05) is 46.9 Å². The largest absolute Gasteiger partial charge is 0.481 e. The molecule has 0 saturated carbocycles. The molecule has 0 atom stereocenters. The zero-order valence-electron chi connectivity index (χ0n) is 19.1. The van der Waals surface area contributed by atoms with Crippen LogP contribution in [0.1, 0.15) is 55.3 Å². The lowest BCUT2D eigenvalue weighted by Crippen LogP contribution is -2.45. The van der Waals surface area contributed by atoms with Gasteiger partial charge in [0.25, 0.3) is 5.91 Å². The molecule has 9 heteroatoms. The van der Waals surface area contributed by atoms with E-state index in [4.69, 9.17) is 9.47 Å². The van der Waals surface area contributed by atoms with E-state index < -0.39 is 0 Å². The molecule has 0 radical (unpaired) electrons. The number of likely N-dealkylation sites (tertiary alicyclic amines) is 1. The summed E-state index contributed by atoms with van der Waals surface area (Å²) < 4.78 is 10.4. The van der Waals surface area contributed by atoms with E-state index >= 15 is 0 Å². The Kier molecular flexibility index (Phi) is 8.70. The number of rotatable bonds is 4. The van der Waals surface area contributed by atoms with Crippen molar-refractivity contribution in [3.63, 3.8) is 0 Å². The summed E-state index contributed by atoms with van der Waals surface area (Å²) in [5.74, 6) is 0.444. The maximum absolute atomic E-state index is 13.2. The highest BCUT2D eigenvalue weighted by molar-refractivity contribution is 5.96. The van der Waals surface area contributed by atoms with Crippen LogP contribution in [0.5, 0.6) is 11.8 Å². The number of hydrogen-bond donors (Lipinski definition) is 1. The van der Waals surface area contributed by atoms with Crippen LogP contribution in [0.2, 0.25) is 0 Å². The van der Waals surface area contributed by atoms with Gasteiger partial charge < -0.3 is 24.6 Å². The molecule has 0 aliphatic carbocycles. The van der Waals surface area contributed by atoms with Gasteiger partial charge in [-0.3, -0.25) is 14.4 Å². The van der Waals surface area contributed by atoms with E-state index in [9.17, 15) is 14.4 Å². The molecule has 2 aliphatic heterocycles. The number of carbonyl (C=O) groups excluding carboxylic acids is 3. The fourth-order valence-electron chi connectivity index (χ4n) is 4.28. The average Bonchev–Trinajstić information content (AvgIpc) is 2.88. The molecule has 0 unspecified atom stereocenters. The molecule has 0 spiro atoms. The van der Waals surface area contributed by atoms with Gasteiger partial charge in [-0.25, -0.2) is 0 Å². The van der Waals surface area contributed by atoms with Crippen molar-refractivity contribution in [2.45, 2.75) is 44.9 Å². The number of ether oxygens (including phenoxy) is 2. The second kappa shape index (κ2) is 11.7. The molecular weight excluding hydrogens is 412 g/mol. The van der Waals surface area contributed by atoms with E-state index in [2.05, 4.69) is 10.3 Å². The van der Waals surface area contributed by atoms with Gasteiger partial charge in [-0.1, -0.05) is 12.8 Å². The highest BCUT2D eigenvalue weighted by atomic mass is 16.5. The Morgan fingerprint density at radius 2 is 1.72 bits per heavy atom. The number of nitrogens with zero attached hydrogens (tertiary/aromatic N) is 3. The Balaban J connectivity index is 1.58. The molecule has 3 amide bonds. The maximum Gasteiger partial charge on any atom is 0.259 e. The van der Waals surface area contributed by atoms with Gasteiger partial charge in [0.05, 0.1) is 14.2 Å². The molecule has 2 fully saturated rings. The molecule has 2 aliphatic rings. The number of carbonyl (C=O) groups is 3. The fraction of sp³-hybridized carbons (Fsp3) is 0.652. The minimum absolute atomic E-state index is 0.00663. The number of hydrogen-bond acceptors (Lipinski definition) is 6. The van der Waals surface area contributed by atoms with Gasteiger partial charge in [0, 0.05) is 51.1 Å². The lowest BCUT2D eigenvalue weighted by molar-refractivity contribution is -0.137. The molecule has 3 heterocycles. The monoisotopic (exact) mass is 446 g/mol. The molecule has 0 aromatic carbocycles. The summed E-state index contributed by atoms with van der Waals surface area (Å²) in [5.41, 5.74) is 0.385. The highest BCUT2D eigenvalue weighted by Gasteiger charge is 2.31. The first-order chi connectivity index (χ1) is 15.5. The number of nitrogens with one attached hydrogen (secondary N) is 1. The van der Waals surface area contributed by atoms with E-state index in [1.165, 1.54) is 14.2 Å². The van der Waals surface area contributed by atoms with Crippen molar-refractivity contribution in [1.29, 1.82) is 0 Å². The fourth-order valence-corrected chi connectivity index (χ4v) is 4.28. The summed E-state index contributed by atoms with van der Waals surface area (Å²) in [6, 6.07) is 3.29. The minimum atomic E-state index is -0.158. The van der Waals surface area contributed by atoms with E-state index in [0.29, 0.717) is 63.4 Å². The first kappa shape index (κ1) is 23.8. The number of pyridine rings is 1. The third-order valence-electron chi connectivity index (χ3n) is 6.20. The Morgan fingerprint density at radius 1 is 0.969 bits per heavy atom. The van der Waals surface area contributed by atoms with E-state index in [1.807, 2.05) is 4.90 Å². The lowest BCUT2D eigenvalue weighted by Gasteiger charge is -2.34. The summed E-state index contributed by atoms with van der Waals surface area (Å²) in [5, 5.41) is 2.93. The van der Waals surface area contributed by atoms with Gasteiger partial charge in [0.15, 0.2) is 0 Å². The second-order valence-corrected chi connectivity index (χ2v) is 8.32. The number of piperidine rings is 1. The third-order valence-corrected chi connectivity index (χ3v) is 6.20. The summed E-state index contributed by atoms with van der Waals surface area (Å²) in [7, 11) is 2.98.